The summed E-state index contributed by atoms with van der Waals surface area (Å²) in [5, 5.41) is 2.93. The van der Waals surface area contributed by atoms with Gasteiger partial charge in [-0.3, -0.25) is 9.59 Å². The van der Waals surface area contributed by atoms with E-state index in [1.165, 1.54) is 12.8 Å². The minimum absolute atomic E-state index is 0.0394. The van der Waals surface area contributed by atoms with Gasteiger partial charge in [-0.25, -0.2) is 4.98 Å². The normalized spacial score (nSPS) is 21.8. The molecule has 0 radical (unpaired) electrons. The van der Waals surface area contributed by atoms with E-state index in [1.54, 1.807) is 18.1 Å². The van der Waals surface area contributed by atoms with Crippen molar-refractivity contribution >= 4 is 11.8 Å². The Morgan fingerprint density at radius 2 is 2.17 bits per heavy atom. The number of amides is 2. The zero-order valence-electron chi connectivity index (χ0n) is 14.2. The largest absolute Gasteiger partial charge is 0.474 e. The van der Waals surface area contributed by atoms with Gasteiger partial charge in [-0.1, -0.05) is 0 Å². The van der Waals surface area contributed by atoms with Crippen molar-refractivity contribution in [3.8, 4) is 5.88 Å². The predicted octanol–water partition coefficient (Wildman–Crippen LogP) is 1.89. The Balaban J connectivity index is 1.50. The number of rotatable bonds is 5. The van der Waals surface area contributed by atoms with Crippen LogP contribution in [0.3, 0.4) is 0 Å². The molecule has 1 aromatic rings. The Morgan fingerprint density at radius 3 is 2.92 bits per heavy atom. The maximum Gasteiger partial charge on any atom is 0.223 e. The average molecular weight is 331 g/mol. The lowest BCUT2D eigenvalue weighted by Crippen LogP contribution is -2.41. The van der Waals surface area contributed by atoms with E-state index in [0.29, 0.717) is 25.4 Å². The Bertz CT molecular complexity index is 599. The van der Waals surface area contributed by atoms with Crippen molar-refractivity contribution in [2.75, 3.05) is 13.6 Å². The van der Waals surface area contributed by atoms with Crippen molar-refractivity contribution in [1.29, 1.82) is 0 Å². The summed E-state index contributed by atoms with van der Waals surface area (Å²) < 4.78 is 5.89. The molecule has 1 aliphatic carbocycles. The Morgan fingerprint density at radius 1 is 1.38 bits per heavy atom. The van der Waals surface area contributed by atoms with Crippen LogP contribution in [0, 0.1) is 5.92 Å². The molecular weight excluding hydrogens is 306 g/mol. The van der Waals surface area contributed by atoms with E-state index < -0.39 is 0 Å². The lowest BCUT2D eigenvalue weighted by molar-refractivity contribution is -0.139. The van der Waals surface area contributed by atoms with Crippen LogP contribution in [0.1, 0.15) is 44.1 Å². The molecule has 1 saturated heterocycles. The summed E-state index contributed by atoms with van der Waals surface area (Å²) in [4.78, 5) is 29.9. The zero-order valence-corrected chi connectivity index (χ0v) is 14.2. The van der Waals surface area contributed by atoms with E-state index in [9.17, 15) is 9.59 Å². The molecule has 24 heavy (non-hydrogen) atoms. The fraction of sp³-hybridized carbons (Fsp3) is 0.611. The van der Waals surface area contributed by atoms with E-state index in [2.05, 4.69) is 10.3 Å². The van der Waals surface area contributed by atoms with E-state index in [0.717, 1.165) is 24.8 Å². The molecule has 0 aromatic carbocycles. The van der Waals surface area contributed by atoms with Gasteiger partial charge in [0.2, 0.25) is 17.7 Å². The van der Waals surface area contributed by atoms with Crippen molar-refractivity contribution in [2.24, 2.45) is 5.92 Å². The maximum atomic E-state index is 12.3. The number of piperidine rings is 1. The van der Waals surface area contributed by atoms with Crippen molar-refractivity contribution in [2.45, 2.75) is 51.2 Å². The molecule has 1 aromatic heterocycles. The van der Waals surface area contributed by atoms with Crippen molar-refractivity contribution in [1.82, 2.24) is 15.2 Å². The van der Waals surface area contributed by atoms with Crippen molar-refractivity contribution < 1.29 is 14.3 Å². The molecule has 2 heterocycles. The highest BCUT2D eigenvalue weighted by Gasteiger charge is 2.28. The van der Waals surface area contributed by atoms with Gasteiger partial charge < -0.3 is 15.0 Å². The first-order valence-corrected chi connectivity index (χ1v) is 8.75. The van der Waals surface area contributed by atoms with Gasteiger partial charge >= 0.3 is 0 Å². The smallest absolute Gasteiger partial charge is 0.223 e. The average Bonchev–Trinajstić information content (AvgIpc) is 3.08. The van der Waals surface area contributed by atoms with E-state index in [-0.39, 0.29) is 23.8 Å². The van der Waals surface area contributed by atoms with Gasteiger partial charge in [0.15, 0.2) is 0 Å². The molecule has 1 N–H and O–H groups in total. The van der Waals surface area contributed by atoms with Gasteiger partial charge in [0.05, 0.1) is 0 Å². The third-order valence-electron chi connectivity index (χ3n) is 4.89. The minimum Gasteiger partial charge on any atom is -0.474 e. The summed E-state index contributed by atoms with van der Waals surface area (Å²) in [6.07, 6.45) is 7.62. The second kappa shape index (κ2) is 7.64. The summed E-state index contributed by atoms with van der Waals surface area (Å²) in [7, 11) is 1.78. The first-order valence-electron chi connectivity index (χ1n) is 8.75. The van der Waals surface area contributed by atoms with Crippen LogP contribution in [0.25, 0.3) is 0 Å². The van der Waals surface area contributed by atoms with Crippen molar-refractivity contribution in [3.05, 3.63) is 23.9 Å². The highest BCUT2D eigenvalue weighted by Crippen LogP contribution is 2.23. The van der Waals surface area contributed by atoms with Crippen LogP contribution in [-0.2, 0) is 16.1 Å². The molecule has 2 amide bonds. The molecule has 130 valence electrons. The predicted molar refractivity (Wildman–Crippen MR) is 89.3 cm³/mol. The van der Waals surface area contributed by atoms with Crippen LogP contribution in [0.15, 0.2) is 18.3 Å². The molecule has 1 saturated carbocycles. The van der Waals surface area contributed by atoms with Gasteiger partial charge in [-0.2, -0.15) is 0 Å². The maximum absolute atomic E-state index is 12.3. The van der Waals surface area contributed by atoms with Crippen LogP contribution < -0.4 is 10.1 Å². The highest BCUT2D eigenvalue weighted by molar-refractivity contribution is 5.86. The van der Waals surface area contributed by atoms with E-state index in [4.69, 9.17) is 4.74 Å². The molecule has 2 fully saturated rings. The summed E-state index contributed by atoms with van der Waals surface area (Å²) in [6, 6.07) is 3.76. The zero-order chi connectivity index (χ0) is 16.9. The second-order valence-electron chi connectivity index (χ2n) is 6.75. The SMILES string of the molecule is CN1CC[C@H](C(=O)NCc2ccnc(OC3CCCC3)c2)CC1=O. The monoisotopic (exact) mass is 331 g/mol. The number of pyridine rings is 1. The number of hydrogen-bond donors (Lipinski definition) is 1. The van der Waals surface area contributed by atoms with Crippen molar-refractivity contribution in [3.63, 3.8) is 0 Å². The summed E-state index contributed by atoms with van der Waals surface area (Å²) in [6.45, 7) is 1.08. The number of likely N-dealkylation sites (tertiary alicyclic amines) is 1. The molecule has 6 nitrogen and oxygen atoms in total. The topological polar surface area (TPSA) is 71.5 Å². The van der Waals surface area contributed by atoms with Gasteiger partial charge in [0.1, 0.15) is 6.10 Å². The fourth-order valence-corrected chi connectivity index (χ4v) is 3.30. The van der Waals surface area contributed by atoms with Crippen LogP contribution in [0.2, 0.25) is 0 Å². The molecule has 2 aliphatic rings. The second-order valence-corrected chi connectivity index (χ2v) is 6.75. The minimum atomic E-state index is -0.218. The van der Waals surface area contributed by atoms with Crippen LogP contribution in [0.5, 0.6) is 5.88 Å². The van der Waals surface area contributed by atoms with E-state index >= 15 is 0 Å². The number of carbonyl (C=O) groups is 2. The molecule has 0 spiro atoms. The third-order valence-corrected chi connectivity index (χ3v) is 4.89. The fourth-order valence-electron chi connectivity index (χ4n) is 3.30. The molecular formula is C18H25N3O3. The number of nitrogens with one attached hydrogen (secondary N) is 1. The van der Waals surface area contributed by atoms with Crippen LogP contribution in [0.4, 0.5) is 0 Å². The molecule has 0 bridgehead atoms. The molecule has 1 atom stereocenters. The lowest BCUT2D eigenvalue weighted by Gasteiger charge is -2.27. The quantitative estimate of drug-likeness (QED) is 0.894. The standard InChI is InChI=1S/C18H25N3O3/c1-21-9-7-14(11-17(21)22)18(23)20-12-13-6-8-19-16(10-13)24-15-4-2-3-5-15/h6,8,10,14-15H,2-5,7,9,11-12H2,1H3,(H,20,23)/t14-/m0/s1. The number of hydrogen-bond acceptors (Lipinski definition) is 4. The first kappa shape index (κ1) is 16.7. The molecule has 6 heteroatoms. The van der Waals surface area contributed by atoms with Gasteiger partial charge in [-0.15, -0.1) is 0 Å². The lowest BCUT2D eigenvalue weighted by atomic mass is 9.95. The van der Waals surface area contributed by atoms with Gasteiger partial charge in [-0.05, 0) is 43.7 Å². The van der Waals surface area contributed by atoms with Crippen LogP contribution in [-0.4, -0.2) is 41.4 Å². The number of carbonyl (C=O) groups excluding carboxylic acids is 2. The molecule has 1 aliphatic heterocycles. The highest BCUT2D eigenvalue weighted by atomic mass is 16.5. The Kier molecular flexibility index (Phi) is 5.33. The number of aromatic nitrogens is 1. The van der Waals surface area contributed by atoms with E-state index in [1.807, 2.05) is 12.1 Å². The van der Waals surface area contributed by atoms with Crippen LogP contribution >= 0.6 is 0 Å². The molecule has 3 rings (SSSR count). The van der Waals surface area contributed by atoms with Gasteiger partial charge in [0.25, 0.3) is 0 Å². The third kappa shape index (κ3) is 4.24. The molecule has 0 unspecified atom stereocenters. The summed E-state index contributed by atoms with van der Waals surface area (Å²) in [5.41, 5.74) is 0.964. The summed E-state index contributed by atoms with van der Waals surface area (Å²) >= 11 is 0. The van der Waals surface area contributed by atoms with Gasteiger partial charge in [0, 0.05) is 44.7 Å². The Labute approximate surface area is 142 Å². The number of nitrogens with zero attached hydrogens (tertiary/aromatic N) is 2. The Hall–Kier alpha value is -2.11. The number of ether oxygens (including phenoxy) is 1. The first-order chi connectivity index (χ1) is 11.6. The summed E-state index contributed by atoms with van der Waals surface area (Å²) in [5.74, 6) is 0.400.